The van der Waals surface area contributed by atoms with Gasteiger partial charge in [-0.05, 0) is 36.8 Å². The maximum Gasteiger partial charge on any atom is 0.297 e. The monoisotopic (exact) mass is 424 g/mol. The molecule has 6 rings (SSSR count). The third-order valence-corrected chi connectivity index (χ3v) is 6.70. The zero-order valence-corrected chi connectivity index (χ0v) is 17.3. The van der Waals surface area contributed by atoms with Crippen molar-refractivity contribution in [2.24, 2.45) is 0 Å². The van der Waals surface area contributed by atoms with Gasteiger partial charge in [0, 0.05) is 0 Å². The summed E-state index contributed by atoms with van der Waals surface area (Å²) < 4.78 is 6.96. The lowest BCUT2D eigenvalue weighted by atomic mass is 9.98. The quantitative estimate of drug-likeness (QED) is 0.377. The first-order valence-corrected chi connectivity index (χ1v) is 10.7. The lowest BCUT2D eigenvalue weighted by Crippen LogP contribution is -2.29. The van der Waals surface area contributed by atoms with Crippen LogP contribution in [0.15, 0.2) is 82.0 Å². The van der Waals surface area contributed by atoms with Crippen LogP contribution >= 0.6 is 11.3 Å². The topological polar surface area (TPSA) is 63.4 Å². The summed E-state index contributed by atoms with van der Waals surface area (Å²) in [6.45, 7) is 2.00. The summed E-state index contributed by atoms with van der Waals surface area (Å²) in [6, 6.07) is 22.1. The first-order chi connectivity index (χ1) is 15.1. The van der Waals surface area contributed by atoms with Crippen LogP contribution < -0.4 is 10.3 Å². The molecule has 150 valence electrons. The highest BCUT2D eigenvalue weighted by atomic mass is 32.1. The van der Waals surface area contributed by atoms with Crippen LogP contribution in [0.5, 0.6) is 0 Å². The van der Waals surface area contributed by atoms with Crippen molar-refractivity contribution in [2.75, 3.05) is 4.90 Å². The molecule has 0 aliphatic carbocycles. The van der Waals surface area contributed by atoms with Gasteiger partial charge in [0.15, 0.2) is 10.6 Å². The molecule has 3 aromatic carbocycles. The first kappa shape index (κ1) is 18.0. The Labute approximate surface area is 181 Å². The molecule has 1 amide bonds. The van der Waals surface area contributed by atoms with Gasteiger partial charge in [0.2, 0.25) is 5.76 Å². The number of hydrogen-bond acceptors (Lipinski definition) is 5. The molecular formula is C25H16N2O3S. The normalized spacial score (nSPS) is 15.7. The fourth-order valence-electron chi connectivity index (χ4n) is 4.14. The second-order valence-corrected chi connectivity index (χ2v) is 8.63. The average molecular weight is 424 g/mol. The van der Waals surface area contributed by atoms with Crippen molar-refractivity contribution in [1.82, 2.24) is 4.98 Å². The van der Waals surface area contributed by atoms with E-state index in [2.05, 4.69) is 0 Å². The van der Waals surface area contributed by atoms with Crippen molar-refractivity contribution in [3.63, 3.8) is 0 Å². The largest absolute Gasteiger partial charge is 0.450 e. The zero-order chi connectivity index (χ0) is 21.1. The van der Waals surface area contributed by atoms with Crippen LogP contribution in [0.3, 0.4) is 0 Å². The fraction of sp³-hybridized carbons (Fsp3) is 0.0800. The second kappa shape index (κ2) is 6.62. The minimum absolute atomic E-state index is 0.0912. The lowest BCUT2D eigenvalue weighted by Gasteiger charge is -2.22. The number of hydrogen-bond donors (Lipinski definition) is 0. The highest BCUT2D eigenvalue weighted by Gasteiger charge is 2.44. The average Bonchev–Trinajstić information content (AvgIpc) is 3.33. The third-order valence-electron chi connectivity index (χ3n) is 5.66. The molecule has 5 nitrogen and oxygen atoms in total. The van der Waals surface area contributed by atoms with E-state index >= 15 is 0 Å². The Morgan fingerprint density at radius 1 is 0.935 bits per heavy atom. The molecule has 0 fully saturated rings. The Morgan fingerprint density at radius 2 is 1.68 bits per heavy atom. The summed E-state index contributed by atoms with van der Waals surface area (Å²) in [7, 11) is 0. The standard InChI is InChI=1S/C25H16N2O3S/c1-14-10-12-15(13-11-14)21-20-22(28)16-6-2-4-8-18(16)30-23(20)24(29)27(21)25-26-17-7-3-5-9-19(17)31-25/h2-13,21H,1H3. The van der Waals surface area contributed by atoms with Gasteiger partial charge < -0.3 is 4.42 Å². The predicted octanol–water partition coefficient (Wildman–Crippen LogP) is 5.46. The number of nitrogens with zero attached hydrogens (tertiary/aromatic N) is 2. The summed E-state index contributed by atoms with van der Waals surface area (Å²) in [5, 5.41) is 1.02. The maximum absolute atomic E-state index is 13.6. The van der Waals surface area contributed by atoms with E-state index in [4.69, 9.17) is 9.40 Å². The number of rotatable bonds is 2. The molecule has 1 unspecified atom stereocenters. The molecule has 0 bridgehead atoms. The molecule has 0 saturated carbocycles. The van der Waals surface area contributed by atoms with Gasteiger partial charge in [-0.2, -0.15) is 0 Å². The van der Waals surface area contributed by atoms with E-state index in [9.17, 15) is 9.59 Å². The molecule has 6 heteroatoms. The minimum atomic E-state index is -0.593. The van der Waals surface area contributed by atoms with E-state index in [1.807, 2.05) is 55.5 Å². The highest BCUT2D eigenvalue weighted by Crippen LogP contribution is 2.43. The Hall–Kier alpha value is -3.77. The number of amides is 1. The Kier molecular flexibility index (Phi) is 3.85. The van der Waals surface area contributed by atoms with Crippen molar-refractivity contribution in [1.29, 1.82) is 0 Å². The van der Waals surface area contributed by atoms with E-state index in [1.165, 1.54) is 11.3 Å². The molecule has 0 radical (unpaired) electrons. The van der Waals surface area contributed by atoms with Gasteiger partial charge in [-0.1, -0.05) is 65.4 Å². The highest BCUT2D eigenvalue weighted by molar-refractivity contribution is 7.22. The molecule has 1 aliphatic rings. The van der Waals surface area contributed by atoms with Crippen LogP contribution in [0, 0.1) is 6.92 Å². The Balaban J connectivity index is 1.65. The van der Waals surface area contributed by atoms with Crippen molar-refractivity contribution < 1.29 is 9.21 Å². The van der Waals surface area contributed by atoms with Gasteiger partial charge in [-0.3, -0.25) is 14.5 Å². The molecule has 0 N–H and O–H groups in total. The van der Waals surface area contributed by atoms with Crippen LogP contribution in [-0.4, -0.2) is 10.9 Å². The number of benzene rings is 3. The Bertz CT molecular complexity index is 1520. The van der Waals surface area contributed by atoms with Crippen molar-refractivity contribution >= 4 is 43.6 Å². The van der Waals surface area contributed by atoms with E-state index in [0.29, 0.717) is 21.7 Å². The molecule has 31 heavy (non-hydrogen) atoms. The van der Waals surface area contributed by atoms with Crippen LogP contribution in [-0.2, 0) is 0 Å². The van der Waals surface area contributed by atoms with E-state index in [-0.39, 0.29) is 17.1 Å². The summed E-state index contributed by atoms with van der Waals surface area (Å²) in [6.07, 6.45) is 0. The fourth-order valence-corrected chi connectivity index (χ4v) is 5.14. The summed E-state index contributed by atoms with van der Waals surface area (Å²) in [4.78, 5) is 33.4. The summed E-state index contributed by atoms with van der Waals surface area (Å²) in [5.41, 5.74) is 3.36. The third kappa shape index (κ3) is 2.65. The van der Waals surface area contributed by atoms with E-state index in [0.717, 1.165) is 21.3 Å². The molecule has 0 saturated heterocycles. The van der Waals surface area contributed by atoms with Crippen molar-refractivity contribution in [2.45, 2.75) is 13.0 Å². The van der Waals surface area contributed by atoms with Crippen molar-refractivity contribution in [3.05, 3.63) is 105 Å². The first-order valence-electron chi connectivity index (χ1n) is 9.93. The predicted molar refractivity (Wildman–Crippen MR) is 122 cm³/mol. The number of anilines is 1. The van der Waals surface area contributed by atoms with Gasteiger partial charge in [-0.25, -0.2) is 4.98 Å². The number of thiazole rings is 1. The number of aromatic nitrogens is 1. The molecular weight excluding hydrogens is 408 g/mol. The summed E-state index contributed by atoms with van der Waals surface area (Å²) >= 11 is 1.43. The van der Waals surface area contributed by atoms with E-state index in [1.54, 1.807) is 29.2 Å². The van der Waals surface area contributed by atoms with Gasteiger partial charge in [0.05, 0.1) is 27.2 Å². The number of fused-ring (bicyclic) bond motifs is 3. The van der Waals surface area contributed by atoms with Crippen LogP contribution in [0.4, 0.5) is 5.13 Å². The number of aryl methyl sites for hydroxylation is 1. The van der Waals surface area contributed by atoms with E-state index < -0.39 is 6.04 Å². The minimum Gasteiger partial charge on any atom is -0.450 e. The number of para-hydroxylation sites is 2. The molecule has 2 aromatic heterocycles. The van der Waals surface area contributed by atoms with Crippen molar-refractivity contribution in [3.8, 4) is 0 Å². The van der Waals surface area contributed by atoms with Gasteiger partial charge in [0.1, 0.15) is 5.58 Å². The maximum atomic E-state index is 13.6. The van der Waals surface area contributed by atoms with Crippen LogP contribution in [0.2, 0.25) is 0 Å². The zero-order valence-electron chi connectivity index (χ0n) is 16.5. The molecule has 5 aromatic rings. The van der Waals surface area contributed by atoms with Gasteiger partial charge in [-0.15, -0.1) is 0 Å². The summed E-state index contributed by atoms with van der Waals surface area (Å²) in [5.74, 6) is -0.254. The lowest BCUT2D eigenvalue weighted by molar-refractivity contribution is 0.0971. The van der Waals surface area contributed by atoms with Gasteiger partial charge >= 0.3 is 0 Å². The number of carbonyl (C=O) groups excluding carboxylic acids is 1. The second-order valence-electron chi connectivity index (χ2n) is 7.62. The SMILES string of the molecule is Cc1ccc(C2c3c(oc4ccccc4c3=O)C(=O)N2c2nc3ccccc3s2)cc1. The molecule has 1 atom stereocenters. The smallest absolute Gasteiger partial charge is 0.297 e. The molecule has 1 aliphatic heterocycles. The molecule has 3 heterocycles. The Morgan fingerprint density at radius 3 is 2.48 bits per heavy atom. The number of carbonyl (C=O) groups is 1. The van der Waals surface area contributed by atoms with Crippen LogP contribution in [0.25, 0.3) is 21.2 Å². The van der Waals surface area contributed by atoms with Crippen LogP contribution in [0.1, 0.15) is 33.3 Å². The van der Waals surface area contributed by atoms with Gasteiger partial charge in [0.25, 0.3) is 5.91 Å². The molecule has 0 spiro atoms.